The third kappa shape index (κ3) is 2.55. The molecule has 98 valence electrons. The Balaban J connectivity index is 1.96. The van der Waals surface area contributed by atoms with Crippen LogP contribution in [0.5, 0.6) is 0 Å². The van der Waals surface area contributed by atoms with Crippen LogP contribution in [0.4, 0.5) is 0 Å². The van der Waals surface area contributed by atoms with E-state index in [9.17, 15) is 4.79 Å². The molecule has 0 aromatic carbocycles. The lowest BCUT2D eigenvalue weighted by Crippen LogP contribution is -2.56. The van der Waals surface area contributed by atoms with Gasteiger partial charge in [0.15, 0.2) is 0 Å². The molecular formula is C14H24O3. The van der Waals surface area contributed by atoms with Crippen LogP contribution < -0.4 is 0 Å². The molecule has 0 N–H and O–H groups in total. The van der Waals surface area contributed by atoms with Crippen molar-refractivity contribution in [1.29, 1.82) is 0 Å². The third-order valence-electron chi connectivity index (χ3n) is 4.34. The Bertz CT molecular complexity index is 267. The van der Waals surface area contributed by atoms with Gasteiger partial charge >= 0.3 is 0 Å². The number of carbonyl (C=O) groups is 1. The molecule has 2 atom stereocenters. The van der Waals surface area contributed by atoms with Crippen LogP contribution >= 0.6 is 0 Å². The summed E-state index contributed by atoms with van der Waals surface area (Å²) in [6, 6.07) is 0. The molecule has 0 aliphatic heterocycles. The SMILES string of the molecule is COCC(C)OC1CC(=O)C12CCCCCC2. The predicted molar refractivity (Wildman–Crippen MR) is 66.0 cm³/mol. The van der Waals surface area contributed by atoms with E-state index in [0.717, 1.165) is 12.8 Å². The second-order valence-electron chi connectivity index (χ2n) is 5.59. The number of Topliss-reactive ketones (excluding diaryl/α,β-unsaturated/α-hetero) is 1. The van der Waals surface area contributed by atoms with Gasteiger partial charge in [0.2, 0.25) is 0 Å². The number of methoxy groups -OCH3 is 1. The molecule has 0 radical (unpaired) electrons. The predicted octanol–water partition coefficient (Wildman–Crippen LogP) is 2.72. The van der Waals surface area contributed by atoms with Crippen molar-refractivity contribution in [2.24, 2.45) is 5.41 Å². The summed E-state index contributed by atoms with van der Waals surface area (Å²) in [4.78, 5) is 12.0. The summed E-state index contributed by atoms with van der Waals surface area (Å²) in [5.41, 5.74) is -0.126. The number of hydrogen-bond donors (Lipinski definition) is 0. The Morgan fingerprint density at radius 2 is 1.94 bits per heavy atom. The maximum absolute atomic E-state index is 12.0. The smallest absolute Gasteiger partial charge is 0.144 e. The van der Waals surface area contributed by atoms with Crippen LogP contribution in [-0.2, 0) is 14.3 Å². The maximum Gasteiger partial charge on any atom is 0.144 e. The number of carbonyl (C=O) groups excluding carboxylic acids is 1. The highest BCUT2D eigenvalue weighted by molar-refractivity contribution is 5.92. The number of ketones is 1. The lowest BCUT2D eigenvalue weighted by Gasteiger charge is -2.48. The molecule has 17 heavy (non-hydrogen) atoms. The van der Waals surface area contributed by atoms with Gasteiger partial charge in [0, 0.05) is 13.5 Å². The van der Waals surface area contributed by atoms with E-state index in [1.807, 2.05) is 6.92 Å². The third-order valence-corrected chi connectivity index (χ3v) is 4.34. The van der Waals surface area contributed by atoms with Crippen molar-refractivity contribution in [1.82, 2.24) is 0 Å². The van der Waals surface area contributed by atoms with E-state index < -0.39 is 0 Å². The normalized spacial score (nSPS) is 29.8. The Morgan fingerprint density at radius 3 is 2.47 bits per heavy atom. The standard InChI is InChI=1S/C14H24O3/c1-11(10-16-2)17-13-9-12(15)14(13)7-5-3-4-6-8-14/h11,13H,3-10H2,1-2H3. The quantitative estimate of drug-likeness (QED) is 0.758. The molecule has 2 rings (SSSR count). The molecule has 0 saturated heterocycles. The van der Waals surface area contributed by atoms with Crippen molar-refractivity contribution in [3.63, 3.8) is 0 Å². The first kappa shape index (κ1) is 13.0. The zero-order valence-electron chi connectivity index (χ0n) is 11.0. The number of hydrogen-bond acceptors (Lipinski definition) is 3. The molecule has 2 fully saturated rings. The van der Waals surface area contributed by atoms with E-state index in [2.05, 4.69) is 0 Å². The Hall–Kier alpha value is -0.410. The molecule has 2 aliphatic carbocycles. The highest BCUT2D eigenvalue weighted by Crippen LogP contribution is 2.49. The highest BCUT2D eigenvalue weighted by atomic mass is 16.5. The van der Waals surface area contributed by atoms with Gasteiger partial charge in [-0.25, -0.2) is 0 Å². The first-order chi connectivity index (χ1) is 8.19. The maximum atomic E-state index is 12.0. The van der Waals surface area contributed by atoms with Crippen molar-refractivity contribution in [3.05, 3.63) is 0 Å². The van der Waals surface area contributed by atoms with Gasteiger partial charge in [0.25, 0.3) is 0 Å². The number of ether oxygens (including phenoxy) is 2. The van der Waals surface area contributed by atoms with E-state index in [1.54, 1.807) is 7.11 Å². The molecule has 0 bridgehead atoms. The molecule has 0 heterocycles. The lowest BCUT2D eigenvalue weighted by molar-refractivity contribution is -0.176. The molecule has 0 aromatic rings. The molecule has 1 spiro atoms. The van der Waals surface area contributed by atoms with Crippen molar-refractivity contribution >= 4 is 5.78 Å². The van der Waals surface area contributed by atoms with Gasteiger partial charge in [-0.15, -0.1) is 0 Å². The molecule has 0 aromatic heterocycles. The zero-order valence-corrected chi connectivity index (χ0v) is 11.0. The van der Waals surface area contributed by atoms with Crippen LogP contribution in [-0.4, -0.2) is 31.7 Å². The summed E-state index contributed by atoms with van der Waals surface area (Å²) >= 11 is 0. The fraction of sp³-hybridized carbons (Fsp3) is 0.929. The van der Waals surface area contributed by atoms with Gasteiger partial charge in [-0.1, -0.05) is 25.7 Å². The van der Waals surface area contributed by atoms with E-state index in [0.29, 0.717) is 18.8 Å². The van der Waals surface area contributed by atoms with Crippen LogP contribution in [0.15, 0.2) is 0 Å². The first-order valence-electron chi connectivity index (χ1n) is 6.87. The number of rotatable bonds is 4. The lowest BCUT2D eigenvalue weighted by atomic mass is 9.60. The largest absolute Gasteiger partial charge is 0.382 e. The monoisotopic (exact) mass is 240 g/mol. The second kappa shape index (κ2) is 5.49. The molecule has 2 saturated carbocycles. The van der Waals surface area contributed by atoms with Crippen molar-refractivity contribution in [3.8, 4) is 0 Å². The summed E-state index contributed by atoms with van der Waals surface area (Å²) in [5, 5.41) is 0. The average Bonchev–Trinajstić information content (AvgIpc) is 2.56. The Kier molecular flexibility index (Phi) is 4.21. The van der Waals surface area contributed by atoms with Crippen molar-refractivity contribution in [2.45, 2.75) is 64.1 Å². The minimum Gasteiger partial charge on any atom is -0.382 e. The van der Waals surface area contributed by atoms with Crippen LogP contribution in [0, 0.1) is 5.41 Å². The second-order valence-corrected chi connectivity index (χ2v) is 5.59. The van der Waals surface area contributed by atoms with Gasteiger partial charge in [-0.05, 0) is 19.8 Å². The fourth-order valence-electron chi connectivity index (χ4n) is 3.31. The summed E-state index contributed by atoms with van der Waals surface area (Å²) < 4.78 is 11.1. The topological polar surface area (TPSA) is 35.5 Å². The molecule has 3 heteroatoms. The van der Waals surface area contributed by atoms with Gasteiger partial charge in [-0.3, -0.25) is 4.79 Å². The van der Waals surface area contributed by atoms with E-state index in [1.165, 1.54) is 25.7 Å². The van der Waals surface area contributed by atoms with E-state index >= 15 is 0 Å². The van der Waals surface area contributed by atoms with Crippen LogP contribution in [0.25, 0.3) is 0 Å². The summed E-state index contributed by atoms with van der Waals surface area (Å²) in [6.45, 7) is 2.64. The van der Waals surface area contributed by atoms with Crippen LogP contribution in [0.3, 0.4) is 0 Å². The van der Waals surface area contributed by atoms with Gasteiger partial charge in [-0.2, -0.15) is 0 Å². The van der Waals surface area contributed by atoms with Crippen molar-refractivity contribution in [2.75, 3.05) is 13.7 Å². The molecule has 2 unspecified atom stereocenters. The van der Waals surface area contributed by atoms with Gasteiger partial charge in [0.1, 0.15) is 5.78 Å². The summed E-state index contributed by atoms with van der Waals surface area (Å²) in [7, 11) is 1.69. The van der Waals surface area contributed by atoms with Gasteiger partial charge in [0.05, 0.1) is 24.2 Å². The molecule has 3 nitrogen and oxygen atoms in total. The van der Waals surface area contributed by atoms with Crippen LogP contribution in [0.2, 0.25) is 0 Å². The zero-order chi connectivity index (χ0) is 12.3. The summed E-state index contributed by atoms with van der Waals surface area (Å²) in [5.74, 6) is 0.439. The van der Waals surface area contributed by atoms with Crippen LogP contribution in [0.1, 0.15) is 51.9 Å². The van der Waals surface area contributed by atoms with Gasteiger partial charge < -0.3 is 9.47 Å². The Labute approximate surface area is 104 Å². The van der Waals surface area contributed by atoms with E-state index in [-0.39, 0.29) is 17.6 Å². The molecule has 2 aliphatic rings. The summed E-state index contributed by atoms with van der Waals surface area (Å²) in [6.07, 6.45) is 7.86. The first-order valence-corrected chi connectivity index (χ1v) is 6.87. The minimum atomic E-state index is -0.126. The molecule has 0 amide bonds. The Morgan fingerprint density at radius 1 is 1.29 bits per heavy atom. The fourth-order valence-corrected chi connectivity index (χ4v) is 3.31. The van der Waals surface area contributed by atoms with Crippen molar-refractivity contribution < 1.29 is 14.3 Å². The minimum absolute atomic E-state index is 0.0956. The average molecular weight is 240 g/mol. The highest BCUT2D eigenvalue weighted by Gasteiger charge is 2.55. The van der Waals surface area contributed by atoms with E-state index in [4.69, 9.17) is 9.47 Å². The molecular weight excluding hydrogens is 216 g/mol.